The van der Waals surface area contributed by atoms with Gasteiger partial charge in [-0.2, -0.15) is 0 Å². The zero-order chi connectivity index (χ0) is 17.9. The molecule has 0 bridgehead atoms. The molecule has 0 amide bonds. The molecule has 5 heteroatoms. The molecule has 1 saturated heterocycles. The van der Waals surface area contributed by atoms with Gasteiger partial charge >= 0.3 is 5.97 Å². The van der Waals surface area contributed by atoms with Crippen LogP contribution in [0.25, 0.3) is 10.9 Å². The zero-order valence-corrected chi connectivity index (χ0v) is 14.5. The Morgan fingerprint density at radius 2 is 1.58 bits per heavy atom. The van der Waals surface area contributed by atoms with Gasteiger partial charge in [0.25, 0.3) is 0 Å². The first-order valence-corrected chi connectivity index (χ1v) is 8.86. The number of para-hydroxylation sites is 2. The molecule has 26 heavy (non-hydrogen) atoms. The van der Waals surface area contributed by atoms with Crippen LogP contribution in [0.3, 0.4) is 0 Å². The lowest BCUT2D eigenvalue weighted by atomic mass is 10.1. The van der Waals surface area contributed by atoms with Gasteiger partial charge < -0.3 is 14.9 Å². The number of rotatable bonds is 4. The number of benzene rings is 2. The van der Waals surface area contributed by atoms with Crippen molar-refractivity contribution in [2.45, 2.75) is 6.42 Å². The Labute approximate surface area is 152 Å². The van der Waals surface area contributed by atoms with Gasteiger partial charge in [0.05, 0.1) is 17.6 Å². The number of hydrogen-bond donors (Lipinski definition) is 1. The highest BCUT2D eigenvalue weighted by Gasteiger charge is 2.20. The third-order valence-electron chi connectivity index (χ3n) is 4.82. The second kappa shape index (κ2) is 7.04. The molecule has 1 aromatic heterocycles. The SMILES string of the molecule is O=C(O)Cc1cc(N2CCN(c3ccccc3)CC2)c2ccccc2n1. The number of piperazine rings is 1. The minimum absolute atomic E-state index is 0.0538. The number of pyridine rings is 1. The van der Waals surface area contributed by atoms with Crippen LogP contribution in [-0.4, -0.2) is 42.2 Å². The molecule has 1 aliphatic heterocycles. The van der Waals surface area contributed by atoms with Crippen molar-refractivity contribution < 1.29 is 9.90 Å². The summed E-state index contributed by atoms with van der Waals surface area (Å²) in [5, 5.41) is 10.2. The molecule has 1 fully saturated rings. The Kier molecular flexibility index (Phi) is 4.44. The number of carboxylic acid groups (broad SMARTS) is 1. The van der Waals surface area contributed by atoms with Crippen molar-refractivity contribution in [3.63, 3.8) is 0 Å². The van der Waals surface area contributed by atoms with Gasteiger partial charge in [-0.1, -0.05) is 36.4 Å². The fraction of sp³-hybridized carbons (Fsp3) is 0.238. The van der Waals surface area contributed by atoms with E-state index in [0.29, 0.717) is 5.69 Å². The smallest absolute Gasteiger partial charge is 0.309 e. The van der Waals surface area contributed by atoms with Crippen LogP contribution >= 0.6 is 0 Å². The molecule has 0 spiro atoms. The molecule has 1 aliphatic rings. The van der Waals surface area contributed by atoms with Crippen molar-refractivity contribution in [2.24, 2.45) is 0 Å². The van der Waals surface area contributed by atoms with Gasteiger partial charge in [0.15, 0.2) is 0 Å². The number of hydrogen-bond acceptors (Lipinski definition) is 4. The van der Waals surface area contributed by atoms with Gasteiger partial charge in [-0.3, -0.25) is 9.78 Å². The summed E-state index contributed by atoms with van der Waals surface area (Å²) in [4.78, 5) is 20.4. The predicted octanol–water partition coefficient (Wildman–Crippen LogP) is 3.19. The van der Waals surface area contributed by atoms with E-state index in [9.17, 15) is 4.79 Å². The standard InChI is InChI=1S/C21H21N3O2/c25-21(26)15-16-14-20(18-8-4-5-9-19(18)22-16)24-12-10-23(11-13-24)17-6-2-1-3-7-17/h1-9,14H,10-13,15H2,(H,25,26). The number of anilines is 2. The van der Waals surface area contributed by atoms with Gasteiger partial charge in [-0.05, 0) is 24.3 Å². The summed E-state index contributed by atoms with van der Waals surface area (Å²) in [7, 11) is 0. The number of nitrogens with zero attached hydrogens (tertiary/aromatic N) is 3. The molecular weight excluding hydrogens is 326 g/mol. The third kappa shape index (κ3) is 3.33. The van der Waals surface area contributed by atoms with Gasteiger partial charge in [0.2, 0.25) is 0 Å². The molecule has 132 valence electrons. The molecule has 0 saturated carbocycles. The van der Waals surface area contributed by atoms with Crippen molar-refractivity contribution in [1.29, 1.82) is 0 Å². The highest BCUT2D eigenvalue weighted by molar-refractivity contribution is 5.92. The van der Waals surface area contributed by atoms with E-state index in [1.54, 1.807) is 0 Å². The lowest BCUT2D eigenvalue weighted by molar-refractivity contribution is -0.136. The van der Waals surface area contributed by atoms with Crippen LogP contribution in [0.15, 0.2) is 60.7 Å². The topological polar surface area (TPSA) is 56.7 Å². The number of carboxylic acids is 1. The molecule has 0 atom stereocenters. The van der Waals surface area contributed by atoms with E-state index in [1.165, 1.54) is 5.69 Å². The van der Waals surface area contributed by atoms with Gasteiger partial charge in [0.1, 0.15) is 0 Å². The van der Waals surface area contributed by atoms with Crippen LogP contribution in [0.5, 0.6) is 0 Å². The third-order valence-corrected chi connectivity index (χ3v) is 4.82. The van der Waals surface area contributed by atoms with Gasteiger partial charge in [-0.25, -0.2) is 0 Å². The molecule has 2 aromatic carbocycles. The Morgan fingerprint density at radius 3 is 2.31 bits per heavy atom. The second-order valence-electron chi connectivity index (χ2n) is 6.53. The van der Waals surface area contributed by atoms with E-state index >= 15 is 0 Å². The molecular formula is C21H21N3O2. The van der Waals surface area contributed by atoms with Crippen LogP contribution in [0.1, 0.15) is 5.69 Å². The molecule has 5 nitrogen and oxygen atoms in total. The summed E-state index contributed by atoms with van der Waals surface area (Å²) in [6.45, 7) is 3.68. The average Bonchev–Trinajstić information content (AvgIpc) is 2.68. The first-order valence-electron chi connectivity index (χ1n) is 8.86. The van der Waals surface area contributed by atoms with Crippen LogP contribution < -0.4 is 9.80 Å². The maximum atomic E-state index is 11.1. The van der Waals surface area contributed by atoms with E-state index in [0.717, 1.165) is 42.8 Å². The number of aromatic nitrogens is 1. The van der Waals surface area contributed by atoms with E-state index in [-0.39, 0.29) is 6.42 Å². The quantitative estimate of drug-likeness (QED) is 0.785. The molecule has 1 N–H and O–H groups in total. The maximum Gasteiger partial charge on any atom is 0.309 e. The molecule has 2 heterocycles. The van der Waals surface area contributed by atoms with E-state index in [2.05, 4.69) is 45.1 Å². The summed E-state index contributed by atoms with van der Waals surface area (Å²) < 4.78 is 0. The number of carbonyl (C=O) groups is 1. The van der Waals surface area contributed by atoms with E-state index in [1.807, 2.05) is 30.3 Å². The Morgan fingerprint density at radius 1 is 0.923 bits per heavy atom. The van der Waals surface area contributed by atoms with E-state index < -0.39 is 5.97 Å². The first-order chi connectivity index (χ1) is 12.7. The lowest BCUT2D eigenvalue weighted by Gasteiger charge is -2.38. The van der Waals surface area contributed by atoms with Crippen molar-refractivity contribution in [3.05, 3.63) is 66.4 Å². The van der Waals surface area contributed by atoms with Crippen LogP contribution in [0.4, 0.5) is 11.4 Å². The van der Waals surface area contributed by atoms with Crippen LogP contribution in [0, 0.1) is 0 Å². The fourth-order valence-electron chi connectivity index (χ4n) is 3.56. The van der Waals surface area contributed by atoms with Crippen molar-refractivity contribution in [3.8, 4) is 0 Å². The van der Waals surface area contributed by atoms with Gasteiger partial charge in [-0.15, -0.1) is 0 Å². The zero-order valence-electron chi connectivity index (χ0n) is 14.5. The van der Waals surface area contributed by atoms with Crippen molar-refractivity contribution in [2.75, 3.05) is 36.0 Å². The minimum atomic E-state index is -0.854. The summed E-state index contributed by atoms with van der Waals surface area (Å²) in [5.41, 5.74) is 3.79. The predicted molar refractivity (Wildman–Crippen MR) is 104 cm³/mol. The van der Waals surface area contributed by atoms with Crippen LogP contribution in [-0.2, 0) is 11.2 Å². The number of fused-ring (bicyclic) bond motifs is 1. The summed E-state index contributed by atoms with van der Waals surface area (Å²) in [5.74, 6) is -0.854. The Hall–Kier alpha value is -3.08. The monoisotopic (exact) mass is 347 g/mol. The maximum absolute atomic E-state index is 11.1. The Bertz CT molecular complexity index is 919. The van der Waals surface area contributed by atoms with Gasteiger partial charge in [0, 0.05) is 42.9 Å². The minimum Gasteiger partial charge on any atom is -0.481 e. The molecule has 3 aromatic rings. The highest BCUT2D eigenvalue weighted by Crippen LogP contribution is 2.28. The van der Waals surface area contributed by atoms with Crippen molar-refractivity contribution >= 4 is 28.2 Å². The first kappa shape index (κ1) is 16.4. The molecule has 0 unspecified atom stereocenters. The molecule has 0 aliphatic carbocycles. The molecule has 4 rings (SSSR count). The second-order valence-corrected chi connectivity index (χ2v) is 6.53. The van der Waals surface area contributed by atoms with Crippen molar-refractivity contribution in [1.82, 2.24) is 4.98 Å². The Balaban J connectivity index is 1.61. The average molecular weight is 347 g/mol. The fourth-order valence-corrected chi connectivity index (χ4v) is 3.56. The van der Waals surface area contributed by atoms with E-state index in [4.69, 9.17) is 5.11 Å². The largest absolute Gasteiger partial charge is 0.481 e. The normalized spacial score (nSPS) is 14.6. The van der Waals surface area contributed by atoms with Crippen LogP contribution in [0.2, 0.25) is 0 Å². The summed E-state index contributed by atoms with van der Waals surface area (Å²) in [6.07, 6.45) is -0.0538. The molecule has 0 radical (unpaired) electrons. The summed E-state index contributed by atoms with van der Waals surface area (Å²) in [6, 6.07) is 20.3. The number of aliphatic carboxylic acids is 1. The highest BCUT2D eigenvalue weighted by atomic mass is 16.4. The lowest BCUT2D eigenvalue weighted by Crippen LogP contribution is -2.46. The summed E-state index contributed by atoms with van der Waals surface area (Å²) >= 11 is 0.